The van der Waals surface area contributed by atoms with Crippen molar-refractivity contribution in [2.45, 2.75) is 24.7 Å². The highest BCUT2D eigenvalue weighted by atomic mass is 32.2. The molecule has 0 amide bonds. The van der Waals surface area contributed by atoms with Gasteiger partial charge in [0.15, 0.2) is 0 Å². The summed E-state index contributed by atoms with van der Waals surface area (Å²) in [5.74, 6) is -2.33. The molecule has 1 aromatic rings. The number of hydrogen-bond donors (Lipinski definition) is 1. The van der Waals surface area contributed by atoms with Gasteiger partial charge < -0.3 is 4.74 Å². The van der Waals surface area contributed by atoms with Crippen molar-refractivity contribution in [3.63, 3.8) is 0 Å². The minimum absolute atomic E-state index is 0.0436. The van der Waals surface area contributed by atoms with E-state index in [0.29, 0.717) is 6.07 Å². The summed E-state index contributed by atoms with van der Waals surface area (Å²) in [6.45, 7) is 1.84. The first-order chi connectivity index (χ1) is 9.36. The van der Waals surface area contributed by atoms with E-state index in [4.69, 9.17) is 0 Å². The van der Waals surface area contributed by atoms with Gasteiger partial charge in [-0.25, -0.2) is 21.9 Å². The van der Waals surface area contributed by atoms with Gasteiger partial charge in [-0.05, 0) is 31.5 Å². The van der Waals surface area contributed by atoms with Gasteiger partial charge >= 0.3 is 5.97 Å². The average molecular weight is 307 g/mol. The normalized spacial score (nSPS) is 11.3. The van der Waals surface area contributed by atoms with E-state index in [9.17, 15) is 22.0 Å². The molecular weight excluding hydrogens is 292 g/mol. The molecule has 0 aliphatic carbocycles. The third-order valence-electron chi connectivity index (χ3n) is 2.34. The maximum absolute atomic E-state index is 13.3. The van der Waals surface area contributed by atoms with Crippen LogP contribution in [0.15, 0.2) is 23.1 Å². The van der Waals surface area contributed by atoms with Crippen molar-refractivity contribution in [2.75, 3.05) is 13.2 Å². The maximum Gasteiger partial charge on any atom is 0.305 e. The molecule has 0 unspecified atom stereocenters. The van der Waals surface area contributed by atoms with Crippen LogP contribution in [0.25, 0.3) is 0 Å². The van der Waals surface area contributed by atoms with E-state index in [1.165, 1.54) is 0 Å². The molecule has 20 heavy (non-hydrogen) atoms. The Balaban J connectivity index is 2.58. The average Bonchev–Trinajstić information content (AvgIpc) is 2.38. The van der Waals surface area contributed by atoms with E-state index >= 15 is 0 Å². The van der Waals surface area contributed by atoms with E-state index < -0.39 is 32.5 Å². The summed E-state index contributed by atoms with van der Waals surface area (Å²) in [4.78, 5) is 10.3. The van der Waals surface area contributed by atoms with Crippen LogP contribution in [-0.2, 0) is 19.6 Å². The lowest BCUT2D eigenvalue weighted by atomic mass is 10.3. The Morgan fingerprint density at radius 2 is 2.05 bits per heavy atom. The summed E-state index contributed by atoms with van der Waals surface area (Å²) in [6.07, 6.45) is 0.247. The fraction of sp³-hybridized carbons (Fsp3) is 0.417. The Labute approximate surface area is 116 Å². The smallest absolute Gasteiger partial charge is 0.305 e. The Morgan fingerprint density at radius 3 is 2.70 bits per heavy atom. The van der Waals surface area contributed by atoms with E-state index in [0.717, 1.165) is 12.1 Å². The molecule has 0 spiro atoms. The number of carbonyl (C=O) groups excluding carboxylic acids is 1. The third-order valence-corrected chi connectivity index (χ3v) is 3.81. The first-order valence-corrected chi connectivity index (χ1v) is 7.45. The molecule has 0 saturated carbocycles. The minimum Gasteiger partial charge on any atom is -0.466 e. The minimum atomic E-state index is -4.14. The first kappa shape index (κ1) is 16.5. The number of nitrogens with one attached hydrogen (secondary N) is 1. The number of ether oxygens (including phenoxy) is 1. The zero-order valence-electron chi connectivity index (χ0n) is 10.9. The number of sulfonamides is 1. The predicted octanol–water partition coefficient (Wildman–Crippen LogP) is 1.59. The van der Waals surface area contributed by atoms with Crippen molar-refractivity contribution in [2.24, 2.45) is 0 Å². The van der Waals surface area contributed by atoms with Crippen molar-refractivity contribution in [3.05, 3.63) is 29.8 Å². The maximum atomic E-state index is 13.3. The molecule has 8 heteroatoms. The fourth-order valence-corrected chi connectivity index (χ4v) is 2.59. The highest BCUT2D eigenvalue weighted by Gasteiger charge is 2.19. The monoisotopic (exact) mass is 307 g/mol. The molecule has 1 N–H and O–H groups in total. The molecule has 0 aliphatic rings. The predicted molar refractivity (Wildman–Crippen MR) is 67.4 cm³/mol. The van der Waals surface area contributed by atoms with Crippen LogP contribution in [-0.4, -0.2) is 27.5 Å². The molecule has 0 fully saturated rings. The summed E-state index contributed by atoms with van der Waals surface area (Å²) < 4.78 is 56.5. The van der Waals surface area contributed by atoms with E-state index in [1.807, 2.05) is 0 Å². The quantitative estimate of drug-likeness (QED) is 0.613. The van der Waals surface area contributed by atoms with Gasteiger partial charge in [-0.3, -0.25) is 4.79 Å². The van der Waals surface area contributed by atoms with Gasteiger partial charge in [0.25, 0.3) is 0 Å². The van der Waals surface area contributed by atoms with Gasteiger partial charge in [0.1, 0.15) is 16.5 Å². The molecule has 1 rings (SSSR count). The van der Waals surface area contributed by atoms with Crippen molar-refractivity contribution < 1.29 is 26.7 Å². The summed E-state index contributed by atoms with van der Waals surface area (Å²) >= 11 is 0. The fourth-order valence-electron chi connectivity index (χ4n) is 1.43. The molecule has 0 radical (unpaired) electrons. The van der Waals surface area contributed by atoms with Gasteiger partial charge in [0.05, 0.1) is 6.61 Å². The molecule has 1 aromatic carbocycles. The number of hydrogen-bond acceptors (Lipinski definition) is 4. The van der Waals surface area contributed by atoms with E-state index in [-0.39, 0.29) is 26.0 Å². The molecule has 112 valence electrons. The van der Waals surface area contributed by atoms with E-state index in [2.05, 4.69) is 9.46 Å². The van der Waals surface area contributed by atoms with Crippen LogP contribution in [0.1, 0.15) is 19.8 Å². The Morgan fingerprint density at radius 1 is 1.35 bits per heavy atom. The lowest BCUT2D eigenvalue weighted by Gasteiger charge is -2.07. The van der Waals surface area contributed by atoms with Gasteiger partial charge in [0.2, 0.25) is 10.0 Å². The van der Waals surface area contributed by atoms with Crippen molar-refractivity contribution >= 4 is 16.0 Å². The first-order valence-electron chi connectivity index (χ1n) is 5.97. The van der Waals surface area contributed by atoms with Crippen LogP contribution >= 0.6 is 0 Å². The van der Waals surface area contributed by atoms with Crippen LogP contribution in [0, 0.1) is 11.6 Å². The molecule has 0 bridgehead atoms. The lowest BCUT2D eigenvalue weighted by molar-refractivity contribution is -0.143. The largest absolute Gasteiger partial charge is 0.466 e. The van der Waals surface area contributed by atoms with Gasteiger partial charge in [-0.2, -0.15) is 0 Å². The summed E-state index contributed by atoms with van der Waals surface area (Å²) in [7, 11) is -4.14. The molecule has 0 heterocycles. The van der Waals surface area contributed by atoms with Crippen molar-refractivity contribution in [3.8, 4) is 0 Å². The zero-order chi connectivity index (χ0) is 15.2. The van der Waals surface area contributed by atoms with Crippen molar-refractivity contribution in [1.29, 1.82) is 0 Å². The van der Waals surface area contributed by atoms with Crippen LogP contribution < -0.4 is 4.72 Å². The molecule has 0 aliphatic heterocycles. The third kappa shape index (κ3) is 4.86. The molecular formula is C12H15F2NO4S. The molecule has 5 nitrogen and oxygen atoms in total. The topological polar surface area (TPSA) is 72.5 Å². The van der Waals surface area contributed by atoms with Gasteiger partial charge in [-0.1, -0.05) is 0 Å². The number of halogens is 2. The highest BCUT2D eigenvalue weighted by Crippen LogP contribution is 2.15. The van der Waals surface area contributed by atoms with Crippen LogP contribution in [0.5, 0.6) is 0 Å². The van der Waals surface area contributed by atoms with Gasteiger partial charge in [-0.15, -0.1) is 0 Å². The second-order valence-electron chi connectivity index (χ2n) is 3.88. The number of rotatable bonds is 7. The van der Waals surface area contributed by atoms with Crippen LogP contribution in [0.4, 0.5) is 8.78 Å². The Bertz CT molecular complexity index is 575. The highest BCUT2D eigenvalue weighted by molar-refractivity contribution is 7.89. The van der Waals surface area contributed by atoms with Crippen molar-refractivity contribution in [1.82, 2.24) is 4.72 Å². The standard InChI is InChI=1S/C12H15F2NO4S/c1-2-19-12(16)4-3-7-15-20(17,18)11-8-9(13)5-6-10(11)14/h5-6,8,15H,2-4,7H2,1H3. The SMILES string of the molecule is CCOC(=O)CCCNS(=O)(=O)c1cc(F)ccc1F. The van der Waals surface area contributed by atoms with Crippen LogP contribution in [0.3, 0.4) is 0 Å². The number of benzene rings is 1. The summed E-state index contributed by atoms with van der Waals surface area (Å²) in [5.41, 5.74) is 0. The van der Waals surface area contributed by atoms with Crippen LogP contribution in [0.2, 0.25) is 0 Å². The van der Waals surface area contributed by atoms with E-state index in [1.54, 1.807) is 6.92 Å². The molecule has 0 atom stereocenters. The summed E-state index contributed by atoms with van der Waals surface area (Å²) in [6, 6.07) is 2.17. The lowest BCUT2D eigenvalue weighted by Crippen LogP contribution is -2.26. The number of esters is 1. The second-order valence-corrected chi connectivity index (χ2v) is 5.62. The summed E-state index contributed by atoms with van der Waals surface area (Å²) in [5, 5.41) is 0. The Hall–Kier alpha value is -1.54. The zero-order valence-corrected chi connectivity index (χ0v) is 11.7. The van der Waals surface area contributed by atoms with Gasteiger partial charge in [0, 0.05) is 13.0 Å². The number of carbonyl (C=O) groups is 1. The second kappa shape index (κ2) is 7.30. The molecule has 0 aromatic heterocycles. The Kier molecular flexibility index (Phi) is 6.03. The molecule has 0 saturated heterocycles.